The molecule has 0 fully saturated rings. The molecular formula is C37H40N4O4. The monoisotopic (exact) mass is 604 g/mol. The van der Waals surface area contributed by atoms with Gasteiger partial charge in [0.05, 0.1) is 6.42 Å². The molecule has 0 bridgehead atoms. The molecule has 0 saturated heterocycles. The number of alkyl carbamates (subject to hydrolysis) is 1. The number of hydrogen-bond acceptors (Lipinski definition) is 5. The van der Waals surface area contributed by atoms with Crippen LogP contribution in [0.2, 0.25) is 0 Å². The fourth-order valence-corrected chi connectivity index (χ4v) is 5.01. The largest absolute Gasteiger partial charge is 0.444 e. The summed E-state index contributed by atoms with van der Waals surface area (Å²) in [7, 11) is 0. The first-order chi connectivity index (χ1) is 21.7. The Morgan fingerprint density at radius 1 is 0.733 bits per heavy atom. The van der Waals surface area contributed by atoms with Crippen LogP contribution in [0, 0.1) is 0 Å². The lowest BCUT2D eigenvalue weighted by Crippen LogP contribution is -2.53. The first-order valence-corrected chi connectivity index (χ1v) is 15.0. The molecule has 0 spiro atoms. The van der Waals surface area contributed by atoms with Crippen molar-refractivity contribution < 1.29 is 19.1 Å². The van der Waals surface area contributed by atoms with E-state index < -0.39 is 35.1 Å². The fraction of sp³-hybridized carbons (Fsp3) is 0.243. The number of hydrazone groups is 1. The number of nitrogens with one attached hydrogen (secondary N) is 3. The van der Waals surface area contributed by atoms with Gasteiger partial charge in [-0.15, -0.1) is 0 Å². The molecule has 4 aromatic carbocycles. The maximum atomic E-state index is 14.0. The molecule has 0 aliphatic carbocycles. The average Bonchev–Trinajstić information content (AvgIpc) is 3.04. The summed E-state index contributed by atoms with van der Waals surface area (Å²) in [5.74, 6) is -1.10. The molecule has 3 amide bonds. The molecule has 0 unspecified atom stereocenters. The molecule has 0 aliphatic rings. The van der Waals surface area contributed by atoms with Crippen LogP contribution < -0.4 is 16.1 Å². The summed E-state index contributed by atoms with van der Waals surface area (Å²) >= 11 is 0. The van der Waals surface area contributed by atoms with E-state index in [2.05, 4.69) is 21.2 Å². The van der Waals surface area contributed by atoms with Gasteiger partial charge >= 0.3 is 6.09 Å². The molecule has 4 rings (SSSR count). The van der Waals surface area contributed by atoms with Crippen LogP contribution in [0.15, 0.2) is 126 Å². The Kier molecular flexibility index (Phi) is 11.2. The van der Waals surface area contributed by atoms with Gasteiger partial charge in [-0.1, -0.05) is 121 Å². The maximum Gasteiger partial charge on any atom is 0.408 e. The summed E-state index contributed by atoms with van der Waals surface area (Å²) in [6, 6.07) is 37.6. The molecule has 4 aromatic rings. The van der Waals surface area contributed by atoms with Crippen LogP contribution in [0.1, 0.15) is 55.9 Å². The minimum absolute atomic E-state index is 0.362. The van der Waals surface area contributed by atoms with Gasteiger partial charge in [0.1, 0.15) is 17.2 Å². The Morgan fingerprint density at radius 2 is 1.20 bits per heavy atom. The van der Waals surface area contributed by atoms with Crippen molar-refractivity contribution >= 4 is 24.1 Å². The van der Waals surface area contributed by atoms with E-state index in [1.807, 2.05) is 121 Å². The summed E-state index contributed by atoms with van der Waals surface area (Å²) in [5.41, 5.74) is 4.25. The zero-order chi connectivity index (χ0) is 32.1. The zero-order valence-corrected chi connectivity index (χ0v) is 25.9. The van der Waals surface area contributed by atoms with E-state index in [1.165, 1.54) is 0 Å². The van der Waals surface area contributed by atoms with Crippen molar-refractivity contribution in [3.8, 4) is 0 Å². The summed E-state index contributed by atoms with van der Waals surface area (Å²) in [5, 5.41) is 9.86. The van der Waals surface area contributed by atoms with E-state index >= 15 is 0 Å². The first-order valence-electron chi connectivity index (χ1n) is 15.0. The van der Waals surface area contributed by atoms with Crippen molar-refractivity contribution in [3.63, 3.8) is 0 Å². The number of ether oxygens (including phenoxy) is 1. The third-order valence-electron chi connectivity index (χ3n) is 7.02. The van der Waals surface area contributed by atoms with Crippen LogP contribution in [0.4, 0.5) is 4.79 Å². The van der Waals surface area contributed by atoms with Crippen LogP contribution in [0.25, 0.3) is 0 Å². The number of hydrogen-bond donors (Lipinski definition) is 3. The molecular weight excluding hydrogens is 564 g/mol. The average molecular weight is 605 g/mol. The molecule has 0 saturated carbocycles. The SMILES string of the molecule is CC(C)(C)OC(=O)N[C@H](CC(=O)NC(c1ccccc1)(c1ccccc1)c1ccccc1)C(=O)N/N=C/CCc1ccccc1. The van der Waals surface area contributed by atoms with Crippen LogP contribution >= 0.6 is 0 Å². The molecule has 0 heterocycles. The second-order valence-electron chi connectivity index (χ2n) is 11.6. The highest BCUT2D eigenvalue weighted by molar-refractivity contribution is 5.91. The van der Waals surface area contributed by atoms with Crippen molar-refractivity contribution in [2.45, 2.75) is 57.2 Å². The van der Waals surface area contributed by atoms with Crippen LogP contribution in [0.3, 0.4) is 0 Å². The van der Waals surface area contributed by atoms with Crippen molar-refractivity contribution in [1.82, 2.24) is 16.1 Å². The van der Waals surface area contributed by atoms with E-state index in [-0.39, 0.29) is 6.42 Å². The Morgan fingerprint density at radius 3 is 1.67 bits per heavy atom. The fourth-order valence-electron chi connectivity index (χ4n) is 5.01. The molecule has 0 aliphatic heterocycles. The Labute approximate surface area is 264 Å². The molecule has 232 valence electrons. The highest BCUT2D eigenvalue weighted by Gasteiger charge is 2.39. The molecule has 0 radical (unpaired) electrons. The van der Waals surface area contributed by atoms with Gasteiger partial charge in [-0.25, -0.2) is 10.2 Å². The predicted octanol–water partition coefficient (Wildman–Crippen LogP) is 6.11. The number of benzene rings is 4. The van der Waals surface area contributed by atoms with Crippen molar-refractivity contribution in [2.24, 2.45) is 5.10 Å². The first kappa shape index (κ1) is 32.7. The zero-order valence-electron chi connectivity index (χ0n) is 25.9. The van der Waals surface area contributed by atoms with Gasteiger partial charge in [0.25, 0.3) is 5.91 Å². The lowest BCUT2D eigenvalue weighted by molar-refractivity contribution is -0.129. The summed E-state index contributed by atoms with van der Waals surface area (Å²) in [6.45, 7) is 5.16. The number of carbonyl (C=O) groups is 3. The topological polar surface area (TPSA) is 109 Å². The molecule has 1 atom stereocenters. The number of carbonyl (C=O) groups excluding carboxylic acids is 3. The van der Waals surface area contributed by atoms with Gasteiger partial charge in [0.2, 0.25) is 5.91 Å². The Bertz CT molecular complexity index is 1460. The van der Waals surface area contributed by atoms with Crippen molar-refractivity contribution in [3.05, 3.63) is 144 Å². The van der Waals surface area contributed by atoms with E-state index in [4.69, 9.17) is 4.74 Å². The minimum atomic E-state index is -1.26. The third-order valence-corrected chi connectivity index (χ3v) is 7.02. The number of nitrogens with zero attached hydrogens (tertiary/aromatic N) is 1. The van der Waals surface area contributed by atoms with Gasteiger partial charge in [-0.3, -0.25) is 9.59 Å². The van der Waals surface area contributed by atoms with Crippen LogP contribution in [-0.4, -0.2) is 35.8 Å². The maximum absolute atomic E-state index is 14.0. The number of aryl methyl sites for hydroxylation is 1. The van der Waals surface area contributed by atoms with Gasteiger partial charge in [0.15, 0.2) is 0 Å². The van der Waals surface area contributed by atoms with E-state index in [9.17, 15) is 14.4 Å². The quantitative estimate of drug-likeness (QED) is 0.103. The summed E-state index contributed by atoms with van der Waals surface area (Å²) in [6.07, 6.45) is 1.77. The smallest absolute Gasteiger partial charge is 0.408 e. The predicted molar refractivity (Wildman–Crippen MR) is 177 cm³/mol. The van der Waals surface area contributed by atoms with E-state index in [0.29, 0.717) is 6.42 Å². The van der Waals surface area contributed by atoms with Crippen molar-refractivity contribution in [2.75, 3.05) is 0 Å². The van der Waals surface area contributed by atoms with Crippen molar-refractivity contribution in [1.29, 1.82) is 0 Å². The standard InChI is InChI=1S/C37H40N4O4/c1-36(2,3)45-35(44)39-32(34(43)41-38-26-16-19-28-17-8-4-9-18-28)27-33(42)40-37(29-20-10-5-11-21-29,30-22-12-6-13-23-30)31-24-14-7-15-25-31/h4-15,17-18,20-26,32H,16,19,27H2,1-3H3,(H,39,44)(H,40,42)(H,41,43)/b38-26+/t32-/m1/s1. The molecule has 0 aromatic heterocycles. The second-order valence-corrected chi connectivity index (χ2v) is 11.6. The lowest BCUT2D eigenvalue weighted by Gasteiger charge is -2.37. The number of rotatable bonds is 12. The minimum Gasteiger partial charge on any atom is -0.444 e. The van der Waals surface area contributed by atoms with Gasteiger partial charge in [0, 0.05) is 6.21 Å². The van der Waals surface area contributed by atoms with Gasteiger partial charge in [-0.2, -0.15) is 5.10 Å². The highest BCUT2D eigenvalue weighted by atomic mass is 16.6. The molecule has 8 nitrogen and oxygen atoms in total. The number of amides is 3. The van der Waals surface area contributed by atoms with Crippen LogP contribution in [-0.2, 0) is 26.3 Å². The Hall–Kier alpha value is -5.24. The highest BCUT2D eigenvalue weighted by Crippen LogP contribution is 2.36. The lowest BCUT2D eigenvalue weighted by atomic mass is 9.77. The van der Waals surface area contributed by atoms with Gasteiger partial charge in [-0.05, 0) is 55.9 Å². The summed E-state index contributed by atoms with van der Waals surface area (Å²) < 4.78 is 5.40. The second kappa shape index (κ2) is 15.5. The van der Waals surface area contributed by atoms with Gasteiger partial charge < -0.3 is 15.4 Å². The molecule has 8 heteroatoms. The summed E-state index contributed by atoms with van der Waals surface area (Å²) in [4.78, 5) is 40.0. The van der Waals surface area contributed by atoms with Crippen LogP contribution in [0.5, 0.6) is 0 Å². The third kappa shape index (κ3) is 9.37. The van der Waals surface area contributed by atoms with E-state index in [0.717, 1.165) is 28.7 Å². The normalized spacial score (nSPS) is 12.2. The Balaban J connectivity index is 1.59. The van der Waals surface area contributed by atoms with E-state index in [1.54, 1.807) is 27.0 Å². The molecule has 3 N–H and O–H groups in total. The molecule has 45 heavy (non-hydrogen) atoms.